The molecule has 1 atom stereocenters. The van der Waals surface area contributed by atoms with Gasteiger partial charge in [-0.3, -0.25) is 9.59 Å². The lowest BCUT2D eigenvalue weighted by Crippen LogP contribution is -2.38. The second kappa shape index (κ2) is 7.20. The van der Waals surface area contributed by atoms with Crippen molar-refractivity contribution >= 4 is 37.4 Å². The second-order valence-corrected chi connectivity index (χ2v) is 8.05. The van der Waals surface area contributed by atoms with Gasteiger partial charge < -0.3 is 4.90 Å². The topological polar surface area (TPSA) is 55.2 Å². The van der Waals surface area contributed by atoms with Crippen LogP contribution in [0.1, 0.15) is 24.2 Å². The lowest BCUT2D eigenvalue weighted by Gasteiger charge is -2.22. The van der Waals surface area contributed by atoms with Crippen LogP contribution in [0.3, 0.4) is 0 Å². The van der Waals surface area contributed by atoms with Gasteiger partial charge in [0.2, 0.25) is 5.91 Å². The summed E-state index contributed by atoms with van der Waals surface area (Å²) in [6.45, 7) is 4.11. The monoisotopic (exact) mass is 391 g/mol. The molecule has 0 unspecified atom stereocenters. The largest absolute Gasteiger partial charge is 0.340 e. The Morgan fingerprint density at radius 3 is 2.57 bits per heavy atom. The number of amides is 1. The number of aryl methyl sites for hydroxylation is 1. The molecule has 2 aromatic carbocycles. The average Bonchev–Trinajstić information content (AvgIpc) is 3.11. The summed E-state index contributed by atoms with van der Waals surface area (Å²) in [6, 6.07) is 17.0. The first-order valence-corrected chi connectivity index (χ1v) is 9.98. The van der Waals surface area contributed by atoms with Crippen molar-refractivity contribution in [2.45, 2.75) is 26.4 Å². The van der Waals surface area contributed by atoms with Gasteiger partial charge in [0.1, 0.15) is 6.04 Å². The van der Waals surface area contributed by atoms with E-state index < -0.39 is 6.04 Å². The van der Waals surface area contributed by atoms with Crippen LogP contribution in [0.25, 0.3) is 20.2 Å². The lowest BCUT2D eigenvalue weighted by molar-refractivity contribution is -0.133. The zero-order chi connectivity index (χ0) is 19.8. The van der Waals surface area contributed by atoms with Crippen molar-refractivity contribution in [1.82, 2.24) is 14.7 Å². The molecule has 0 aliphatic carbocycles. The molecule has 0 aliphatic rings. The molecule has 0 fully saturated rings. The SMILES string of the molecule is Cc1nn([C@@H](C)C(=O)N(C)Cc2ccccc2)c(=O)c2c1sc1ccccc12. The van der Waals surface area contributed by atoms with Crippen LogP contribution in [0.2, 0.25) is 0 Å². The van der Waals surface area contributed by atoms with Crippen LogP contribution >= 0.6 is 11.3 Å². The molecule has 0 radical (unpaired) electrons. The van der Waals surface area contributed by atoms with E-state index in [9.17, 15) is 9.59 Å². The maximum Gasteiger partial charge on any atom is 0.276 e. The van der Waals surface area contributed by atoms with Gasteiger partial charge in [0.05, 0.1) is 15.8 Å². The van der Waals surface area contributed by atoms with E-state index in [-0.39, 0.29) is 11.5 Å². The Kier molecular flexibility index (Phi) is 4.73. The average molecular weight is 391 g/mol. The molecule has 4 aromatic rings. The van der Waals surface area contributed by atoms with E-state index in [4.69, 9.17) is 0 Å². The summed E-state index contributed by atoms with van der Waals surface area (Å²) in [5.74, 6) is -0.142. The minimum atomic E-state index is -0.678. The Hall–Kier alpha value is -2.99. The molecule has 0 N–H and O–H groups in total. The Morgan fingerprint density at radius 2 is 1.82 bits per heavy atom. The van der Waals surface area contributed by atoms with Crippen LogP contribution < -0.4 is 5.56 Å². The fourth-order valence-electron chi connectivity index (χ4n) is 3.50. The normalized spacial score (nSPS) is 12.4. The van der Waals surface area contributed by atoms with Crippen molar-refractivity contribution in [2.24, 2.45) is 0 Å². The lowest BCUT2D eigenvalue weighted by atomic mass is 10.1. The molecular weight excluding hydrogens is 370 g/mol. The van der Waals surface area contributed by atoms with E-state index in [0.29, 0.717) is 11.9 Å². The summed E-state index contributed by atoms with van der Waals surface area (Å²) >= 11 is 1.57. The van der Waals surface area contributed by atoms with E-state index in [2.05, 4.69) is 5.10 Å². The Labute approximate surface area is 166 Å². The van der Waals surface area contributed by atoms with Crippen LogP contribution in [0, 0.1) is 6.92 Å². The molecule has 1 amide bonds. The number of benzene rings is 2. The van der Waals surface area contributed by atoms with Crippen molar-refractivity contribution in [3.05, 3.63) is 76.2 Å². The van der Waals surface area contributed by atoms with Gasteiger partial charge in [-0.2, -0.15) is 5.10 Å². The summed E-state index contributed by atoms with van der Waals surface area (Å²) in [5.41, 5.74) is 1.59. The van der Waals surface area contributed by atoms with E-state index in [1.807, 2.05) is 61.5 Å². The molecule has 0 bridgehead atoms. The summed E-state index contributed by atoms with van der Waals surface area (Å²) in [7, 11) is 1.75. The number of rotatable bonds is 4. The standard InChI is InChI=1S/C22H21N3O2S/c1-14-20-19(17-11-7-8-12-18(17)28-20)22(27)25(23-14)15(2)21(26)24(3)13-16-9-5-4-6-10-16/h4-12,15H,13H2,1-3H3/t15-/m0/s1. The highest BCUT2D eigenvalue weighted by Gasteiger charge is 2.24. The minimum absolute atomic E-state index is 0.142. The van der Waals surface area contributed by atoms with Crippen molar-refractivity contribution in [1.29, 1.82) is 0 Å². The molecule has 5 nitrogen and oxygen atoms in total. The van der Waals surface area contributed by atoms with Gasteiger partial charge in [-0.25, -0.2) is 4.68 Å². The quantitative estimate of drug-likeness (QED) is 0.525. The number of nitrogens with zero attached hydrogens (tertiary/aromatic N) is 3. The van der Waals surface area contributed by atoms with E-state index >= 15 is 0 Å². The van der Waals surface area contributed by atoms with Gasteiger partial charge in [0, 0.05) is 23.7 Å². The van der Waals surface area contributed by atoms with Crippen LogP contribution in [0.15, 0.2) is 59.4 Å². The fourth-order valence-corrected chi connectivity index (χ4v) is 4.64. The van der Waals surface area contributed by atoms with Crippen LogP contribution in [-0.2, 0) is 11.3 Å². The van der Waals surface area contributed by atoms with Gasteiger partial charge in [-0.1, -0.05) is 48.5 Å². The minimum Gasteiger partial charge on any atom is -0.340 e. The fraction of sp³-hybridized carbons (Fsp3) is 0.227. The highest BCUT2D eigenvalue weighted by Crippen LogP contribution is 2.32. The number of hydrogen-bond acceptors (Lipinski definition) is 4. The molecule has 0 spiro atoms. The summed E-state index contributed by atoms with van der Waals surface area (Å²) in [5, 5.41) is 6.05. The number of carbonyl (C=O) groups excluding carboxylic acids is 1. The van der Waals surface area contributed by atoms with E-state index in [0.717, 1.165) is 26.0 Å². The molecule has 28 heavy (non-hydrogen) atoms. The Bertz CT molecular complexity index is 1230. The molecular formula is C22H21N3O2S. The number of hydrogen-bond donors (Lipinski definition) is 0. The second-order valence-electron chi connectivity index (χ2n) is 6.99. The highest BCUT2D eigenvalue weighted by atomic mass is 32.1. The number of carbonyl (C=O) groups is 1. The first kappa shape index (κ1) is 18.4. The molecule has 2 heterocycles. The van der Waals surface area contributed by atoms with Gasteiger partial charge >= 0.3 is 0 Å². The van der Waals surface area contributed by atoms with Gasteiger partial charge in [-0.05, 0) is 25.5 Å². The predicted molar refractivity (Wildman–Crippen MR) is 114 cm³/mol. The third-order valence-corrected chi connectivity index (χ3v) is 6.25. The summed E-state index contributed by atoms with van der Waals surface area (Å²) < 4.78 is 3.28. The van der Waals surface area contributed by atoms with Crippen LogP contribution in [0.5, 0.6) is 0 Å². The van der Waals surface area contributed by atoms with Gasteiger partial charge in [-0.15, -0.1) is 11.3 Å². The van der Waals surface area contributed by atoms with Gasteiger partial charge in [0.15, 0.2) is 0 Å². The third-order valence-electron chi connectivity index (χ3n) is 4.97. The van der Waals surface area contributed by atoms with Crippen molar-refractivity contribution in [3.8, 4) is 0 Å². The smallest absolute Gasteiger partial charge is 0.276 e. The number of aromatic nitrogens is 2. The zero-order valence-electron chi connectivity index (χ0n) is 16.0. The molecule has 6 heteroatoms. The zero-order valence-corrected chi connectivity index (χ0v) is 16.9. The molecule has 0 aliphatic heterocycles. The molecule has 142 valence electrons. The summed E-state index contributed by atoms with van der Waals surface area (Å²) in [6.07, 6.45) is 0. The third kappa shape index (κ3) is 3.10. The predicted octanol–water partition coefficient (Wildman–Crippen LogP) is 4.14. The van der Waals surface area contributed by atoms with Crippen molar-refractivity contribution in [2.75, 3.05) is 7.05 Å². The first-order chi connectivity index (χ1) is 13.5. The maximum absolute atomic E-state index is 13.2. The maximum atomic E-state index is 13.2. The van der Waals surface area contributed by atoms with E-state index in [1.54, 1.807) is 30.2 Å². The molecule has 4 rings (SSSR count). The Balaban J connectivity index is 1.73. The highest BCUT2D eigenvalue weighted by molar-refractivity contribution is 7.26. The van der Waals surface area contributed by atoms with Crippen molar-refractivity contribution in [3.63, 3.8) is 0 Å². The molecule has 0 saturated heterocycles. The number of likely N-dealkylation sites (N-methyl/N-ethyl adjacent to an activating group) is 1. The number of fused-ring (bicyclic) bond motifs is 3. The molecule has 0 saturated carbocycles. The first-order valence-electron chi connectivity index (χ1n) is 9.17. The van der Waals surface area contributed by atoms with Crippen molar-refractivity contribution < 1.29 is 4.79 Å². The summed E-state index contributed by atoms with van der Waals surface area (Å²) in [4.78, 5) is 27.8. The van der Waals surface area contributed by atoms with Gasteiger partial charge in [0.25, 0.3) is 5.56 Å². The Morgan fingerprint density at radius 1 is 1.14 bits per heavy atom. The molecule has 2 aromatic heterocycles. The number of thiophene rings is 1. The van der Waals surface area contributed by atoms with Crippen LogP contribution in [-0.4, -0.2) is 27.6 Å². The van der Waals surface area contributed by atoms with E-state index in [1.165, 1.54) is 4.68 Å². The van der Waals surface area contributed by atoms with Crippen LogP contribution in [0.4, 0.5) is 0 Å².